The minimum absolute atomic E-state index is 0.160. The molecule has 2 aliphatic rings. The number of hydrogen-bond donors (Lipinski definition) is 1. The second-order valence-electron chi connectivity index (χ2n) is 7.23. The Morgan fingerprint density at radius 1 is 1.07 bits per heavy atom. The molecule has 1 aromatic carbocycles. The Kier molecular flexibility index (Phi) is 5.34. The van der Waals surface area contributed by atoms with Crippen LogP contribution >= 0.6 is 0 Å². The van der Waals surface area contributed by atoms with Crippen LogP contribution in [0.2, 0.25) is 0 Å². The number of amides is 1. The molecule has 0 radical (unpaired) electrons. The molecule has 1 N–H and O–H groups in total. The van der Waals surface area contributed by atoms with E-state index in [2.05, 4.69) is 29.0 Å². The number of morpholine rings is 1. The first kappa shape index (κ1) is 18.6. The molecule has 0 aliphatic carbocycles. The van der Waals surface area contributed by atoms with Crippen LogP contribution in [-0.2, 0) is 4.74 Å². The topological polar surface area (TPSA) is 72.9 Å². The Morgan fingerprint density at radius 3 is 2.54 bits per heavy atom. The fourth-order valence-electron chi connectivity index (χ4n) is 3.52. The van der Waals surface area contributed by atoms with Crippen molar-refractivity contribution in [2.45, 2.75) is 32.5 Å². The first-order valence-electron chi connectivity index (χ1n) is 9.66. The third-order valence-corrected chi connectivity index (χ3v) is 4.76. The van der Waals surface area contributed by atoms with Gasteiger partial charge in [-0.1, -0.05) is 0 Å². The molecule has 28 heavy (non-hydrogen) atoms. The Labute approximate surface area is 164 Å². The molecule has 0 unspecified atom stereocenters. The Morgan fingerprint density at radius 2 is 1.82 bits per heavy atom. The molecule has 1 amide bonds. The molecule has 1 fully saturated rings. The zero-order valence-corrected chi connectivity index (χ0v) is 16.2. The summed E-state index contributed by atoms with van der Waals surface area (Å²) in [6, 6.07) is 9.10. The number of aromatic nitrogens is 1. The second kappa shape index (κ2) is 8.06. The van der Waals surface area contributed by atoms with Crippen LogP contribution in [-0.4, -0.2) is 49.4 Å². The van der Waals surface area contributed by atoms with E-state index in [1.54, 1.807) is 18.3 Å². The number of anilines is 2. The first-order valence-corrected chi connectivity index (χ1v) is 9.66. The maximum Gasteiger partial charge on any atom is 0.257 e. The van der Waals surface area contributed by atoms with E-state index in [4.69, 9.17) is 14.2 Å². The Hall–Kier alpha value is -2.80. The smallest absolute Gasteiger partial charge is 0.257 e. The van der Waals surface area contributed by atoms with Crippen LogP contribution in [0.15, 0.2) is 36.5 Å². The molecule has 7 heteroatoms. The van der Waals surface area contributed by atoms with E-state index in [1.807, 2.05) is 18.2 Å². The largest absolute Gasteiger partial charge is 0.490 e. The van der Waals surface area contributed by atoms with E-state index < -0.39 is 0 Å². The average molecular weight is 383 g/mol. The number of benzene rings is 1. The SMILES string of the molecule is C[C@@H]1CN(c2ccc(C(=O)Nc3ccc4c(c3)OCCCO4)cn2)C[C@H](C)O1. The van der Waals surface area contributed by atoms with Crippen molar-refractivity contribution < 1.29 is 19.0 Å². The molecule has 2 aromatic rings. The summed E-state index contributed by atoms with van der Waals surface area (Å²) < 4.78 is 17.1. The van der Waals surface area contributed by atoms with Crippen molar-refractivity contribution in [1.82, 2.24) is 4.98 Å². The molecule has 3 heterocycles. The van der Waals surface area contributed by atoms with Crippen LogP contribution in [0.25, 0.3) is 0 Å². The minimum Gasteiger partial charge on any atom is -0.490 e. The van der Waals surface area contributed by atoms with Gasteiger partial charge < -0.3 is 24.4 Å². The standard InChI is InChI=1S/C21H25N3O4/c1-14-12-24(13-15(2)28-14)20-7-4-16(11-22-20)21(25)23-17-5-6-18-19(10-17)27-9-3-8-26-18/h4-7,10-11,14-15H,3,8-9,12-13H2,1-2H3,(H,23,25)/t14-,15+. The fraction of sp³-hybridized carbons (Fsp3) is 0.429. The van der Waals surface area contributed by atoms with Gasteiger partial charge in [-0.2, -0.15) is 0 Å². The van der Waals surface area contributed by atoms with Crippen molar-refractivity contribution >= 4 is 17.4 Å². The fourth-order valence-corrected chi connectivity index (χ4v) is 3.52. The molecule has 0 spiro atoms. The van der Waals surface area contributed by atoms with Crippen LogP contribution in [0, 0.1) is 0 Å². The van der Waals surface area contributed by atoms with Gasteiger partial charge in [-0.05, 0) is 38.1 Å². The van der Waals surface area contributed by atoms with E-state index in [0.29, 0.717) is 36.0 Å². The zero-order chi connectivity index (χ0) is 19.5. The van der Waals surface area contributed by atoms with Gasteiger partial charge >= 0.3 is 0 Å². The van der Waals surface area contributed by atoms with Crippen molar-refractivity contribution in [3.8, 4) is 11.5 Å². The molecule has 0 bridgehead atoms. The second-order valence-corrected chi connectivity index (χ2v) is 7.23. The molecule has 0 saturated carbocycles. The highest BCUT2D eigenvalue weighted by molar-refractivity contribution is 6.04. The molecule has 7 nitrogen and oxygen atoms in total. The number of ether oxygens (including phenoxy) is 3. The lowest BCUT2D eigenvalue weighted by Gasteiger charge is -2.36. The van der Waals surface area contributed by atoms with Gasteiger partial charge in [0.1, 0.15) is 5.82 Å². The number of carbonyl (C=O) groups excluding carboxylic acids is 1. The van der Waals surface area contributed by atoms with Crippen molar-refractivity contribution in [3.63, 3.8) is 0 Å². The van der Waals surface area contributed by atoms with Crippen molar-refractivity contribution in [2.75, 3.05) is 36.5 Å². The zero-order valence-electron chi connectivity index (χ0n) is 16.2. The van der Waals surface area contributed by atoms with Crippen LogP contribution in [0.1, 0.15) is 30.6 Å². The van der Waals surface area contributed by atoms with Gasteiger partial charge in [0.25, 0.3) is 5.91 Å². The highest BCUT2D eigenvalue weighted by atomic mass is 16.5. The monoisotopic (exact) mass is 383 g/mol. The molecule has 1 saturated heterocycles. The number of rotatable bonds is 3. The quantitative estimate of drug-likeness (QED) is 0.878. The number of carbonyl (C=O) groups is 1. The lowest BCUT2D eigenvalue weighted by Crippen LogP contribution is -2.45. The van der Waals surface area contributed by atoms with E-state index in [-0.39, 0.29) is 18.1 Å². The van der Waals surface area contributed by atoms with Crippen LogP contribution < -0.4 is 19.7 Å². The van der Waals surface area contributed by atoms with Gasteiger partial charge in [0.2, 0.25) is 0 Å². The van der Waals surface area contributed by atoms with Gasteiger partial charge in [0.05, 0.1) is 31.0 Å². The lowest BCUT2D eigenvalue weighted by atomic mass is 10.2. The van der Waals surface area contributed by atoms with Gasteiger partial charge in [0.15, 0.2) is 11.5 Å². The van der Waals surface area contributed by atoms with E-state index >= 15 is 0 Å². The molecule has 2 atom stereocenters. The van der Waals surface area contributed by atoms with Gasteiger partial charge in [0, 0.05) is 37.5 Å². The van der Waals surface area contributed by atoms with Crippen molar-refractivity contribution in [3.05, 3.63) is 42.1 Å². The highest BCUT2D eigenvalue weighted by Gasteiger charge is 2.23. The van der Waals surface area contributed by atoms with E-state index in [0.717, 1.165) is 25.3 Å². The van der Waals surface area contributed by atoms with Crippen LogP contribution in [0.5, 0.6) is 11.5 Å². The van der Waals surface area contributed by atoms with E-state index in [9.17, 15) is 4.79 Å². The minimum atomic E-state index is -0.211. The summed E-state index contributed by atoms with van der Waals surface area (Å²) in [5.74, 6) is 2.00. The lowest BCUT2D eigenvalue weighted by molar-refractivity contribution is -0.00546. The molecule has 148 valence electrons. The van der Waals surface area contributed by atoms with E-state index in [1.165, 1.54) is 0 Å². The van der Waals surface area contributed by atoms with Crippen molar-refractivity contribution in [2.24, 2.45) is 0 Å². The summed E-state index contributed by atoms with van der Waals surface area (Å²) in [6.45, 7) is 6.94. The number of pyridine rings is 1. The molecule has 2 aliphatic heterocycles. The maximum atomic E-state index is 12.6. The van der Waals surface area contributed by atoms with Crippen molar-refractivity contribution in [1.29, 1.82) is 0 Å². The van der Waals surface area contributed by atoms with Gasteiger partial charge in [-0.15, -0.1) is 0 Å². The third-order valence-electron chi connectivity index (χ3n) is 4.76. The molecular formula is C21H25N3O4. The summed E-state index contributed by atoms with van der Waals surface area (Å²) in [7, 11) is 0. The summed E-state index contributed by atoms with van der Waals surface area (Å²) in [6.07, 6.45) is 2.77. The predicted octanol–water partition coefficient (Wildman–Crippen LogP) is 3.11. The number of hydrogen-bond acceptors (Lipinski definition) is 6. The van der Waals surface area contributed by atoms with Gasteiger partial charge in [-0.25, -0.2) is 4.98 Å². The molecular weight excluding hydrogens is 358 g/mol. The third kappa shape index (κ3) is 4.20. The molecule has 4 rings (SSSR count). The normalized spacial score (nSPS) is 21.7. The summed E-state index contributed by atoms with van der Waals surface area (Å²) in [4.78, 5) is 19.3. The average Bonchev–Trinajstić information content (AvgIpc) is 2.92. The van der Waals surface area contributed by atoms with Crippen LogP contribution in [0.3, 0.4) is 0 Å². The van der Waals surface area contributed by atoms with Crippen LogP contribution in [0.4, 0.5) is 11.5 Å². The summed E-state index contributed by atoms with van der Waals surface area (Å²) >= 11 is 0. The summed E-state index contributed by atoms with van der Waals surface area (Å²) in [5.41, 5.74) is 1.17. The molecule has 1 aromatic heterocycles. The number of fused-ring (bicyclic) bond motifs is 1. The Balaban J connectivity index is 1.43. The number of nitrogens with zero attached hydrogens (tertiary/aromatic N) is 2. The predicted molar refractivity (Wildman–Crippen MR) is 106 cm³/mol. The maximum absolute atomic E-state index is 12.6. The highest BCUT2D eigenvalue weighted by Crippen LogP contribution is 2.32. The Bertz CT molecular complexity index is 830. The van der Waals surface area contributed by atoms with Gasteiger partial charge in [-0.3, -0.25) is 4.79 Å². The first-order chi connectivity index (χ1) is 13.6. The summed E-state index contributed by atoms with van der Waals surface area (Å²) in [5, 5.41) is 2.89. The number of nitrogens with one attached hydrogen (secondary N) is 1.